The van der Waals surface area contributed by atoms with Crippen LogP contribution in [0.15, 0.2) is 18.2 Å². The van der Waals surface area contributed by atoms with Crippen molar-refractivity contribution in [2.45, 2.75) is 37.6 Å². The van der Waals surface area contributed by atoms with Crippen LogP contribution in [0.4, 0.5) is 17.6 Å². The standard InChI is InChI=1S/C15H17F4NO3/c16-14(17)15(18,19)23-13-9-10(3-4-12(13)22-14)11(21)5-8-20-6-1-2-7-20/h3-4,9,11,21H,1-2,5-8H2/t11-/m0/s1. The molecule has 0 radical (unpaired) electrons. The first-order valence-corrected chi connectivity index (χ1v) is 7.46. The van der Waals surface area contributed by atoms with Gasteiger partial charge in [0.2, 0.25) is 0 Å². The monoisotopic (exact) mass is 335 g/mol. The summed E-state index contributed by atoms with van der Waals surface area (Å²) in [5.74, 6) is -0.977. The van der Waals surface area contributed by atoms with Gasteiger partial charge < -0.3 is 19.5 Å². The van der Waals surface area contributed by atoms with Crippen LogP contribution in [-0.2, 0) is 0 Å². The van der Waals surface area contributed by atoms with Crippen molar-refractivity contribution >= 4 is 0 Å². The van der Waals surface area contributed by atoms with Gasteiger partial charge in [-0.25, -0.2) is 0 Å². The van der Waals surface area contributed by atoms with Crippen molar-refractivity contribution in [3.05, 3.63) is 23.8 Å². The third kappa shape index (κ3) is 3.23. The molecule has 0 aliphatic carbocycles. The van der Waals surface area contributed by atoms with E-state index in [1.807, 2.05) is 0 Å². The van der Waals surface area contributed by atoms with Crippen LogP contribution in [-0.4, -0.2) is 41.9 Å². The summed E-state index contributed by atoms with van der Waals surface area (Å²) < 4.78 is 60.6. The van der Waals surface area contributed by atoms with Crippen molar-refractivity contribution in [2.24, 2.45) is 0 Å². The van der Waals surface area contributed by atoms with Gasteiger partial charge in [0, 0.05) is 6.54 Å². The van der Waals surface area contributed by atoms with Crippen LogP contribution in [0.5, 0.6) is 11.5 Å². The fourth-order valence-corrected chi connectivity index (χ4v) is 2.77. The Kier molecular flexibility index (Phi) is 4.14. The number of nitrogens with zero attached hydrogens (tertiary/aromatic N) is 1. The molecule has 1 fully saturated rings. The van der Waals surface area contributed by atoms with E-state index < -0.39 is 29.8 Å². The Bertz CT molecular complexity index is 576. The van der Waals surface area contributed by atoms with Crippen molar-refractivity contribution in [2.75, 3.05) is 19.6 Å². The topological polar surface area (TPSA) is 41.9 Å². The van der Waals surface area contributed by atoms with Gasteiger partial charge in [-0.1, -0.05) is 6.07 Å². The number of ether oxygens (including phenoxy) is 2. The zero-order valence-electron chi connectivity index (χ0n) is 12.3. The van der Waals surface area contributed by atoms with E-state index in [0.717, 1.165) is 38.1 Å². The highest BCUT2D eigenvalue weighted by Gasteiger charge is 2.65. The molecule has 128 valence electrons. The van der Waals surface area contributed by atoms with E-state index in [1.165, 1.54) is 6.07 Å². The second kappa shape index (κ2) is 5.83. The number of hydrogen-bond donors (Lipinski definition) is 1. The lowest BCUT2D eigenvalue weighted by atomic mass is 10.1. The Labute approximate surface area is 130 Å². The highest BCUT2D eigenvalue weighted by Crippen LogP contribution is 2.47. The molecule has 2 heterocycles. The van der Waals surface area contributed by atoms with Gasteiger partial charge in [0.05, 0.1) is 6.10 Å². The Morgan fingerprint density at radius 2 is 1.65 bits per heavy atom. The molecule has 3 rings (SSSR count). The summed E-state index contributed by atoms with van der Waals surface area (Å²) in [5, 5.41) is 10.2. The lowest BCUT2D eigenvalue weighted by Crippen LogP contribution is -2.52. The van der Waals surface area contributed by atoms with Gasteiger partial charge in [-0.05, 0) is 50.0 Å². The lowest BCUT2D eigenvalue weighted by molar-refractivity contribution is -0.391. The van der Waals surface area contributed by atoms with E-state index >= 15 is 0 Å². The van der Waals surface area contributed by atoms with Crippen molar-refractivity contribution in [1.29, 1.82) is 0 Å². The predicted octanol–water partition coefficient (Wildman–Crippen LogP) is 3.16. The van der Waals surface area contributed by atoms with E-state index in [2.05, 4.69) is 14.4 Å². The molecule has 0 spiro atoms. The van der Waals surface area contributed by atoms with Crippen LogP contribution in [0.2, 0.25) is 0 Å². The summed E-state index contributed by atoms with van der Waals surface area (Å²) in [4.78, 5) is 2.20. The molecular weight excluding hydrogens is 318 g/mol. The van der Waals surface area contributed by atoms with Crippen molar-refractivity contribution in [3.63, 3.8) is 0 Å². The molecule has 0 bridgehead atoms. The summed E-state index contributed by atoms with van der Waals surface area (Å²) in [6.45, 7) is 2.65. The molecule has 2 aliphatic rings. The Hall–Kier alpha value is -1.54. The smallest absolute Gasteiger partial charge is 0.421 e. The zero-order chi connectivity index (χ0) is 16.7. The molecule has 23 heavy (non-hydrogen) atoms. The van der Waals surface area contributed by atoms with Gasteiger partial charge in [-0.15, -0.1) is 0 Å². The molecular formula is C15H17F4NO3. The molecule has 8 heteroatoms. The minimum atomic E-state index is -4.75. The van der Waals surface area contributed by atoms with Crippen molar-refractivity contribution in [3.8, 4) is 11.5 Å². The number of aliphatic hydroxyl groups excluding tert-OH is 1. The summed E-state index contributed by atoms with van der Waals surface area (Å²) in [5.41, 5.74) is 0.326. The van der Waals surface area contributed by atoms with Crippen molar-refractivity contribution < 1.29 is 32.1 Å². The van der Waals surface area contributed by atoms with Crippen LogP contribution in [0.25, 0.3) is 0 Å². The van der Waals surface area contributed by atoms with Crippen LogP contribution in [0.3, 0.4) is 0 Å². The minimum absolute atomic E-state index is 0.326. The van der Waals surface area contributed by atoms with Gasteiger partial charge in [-0.3, -0.25) is 0 Å². The summed E-state index contributed by atoms with van der Waals surface area (Å²) in [7, 11) is 0. The third-order valence-corrected chi connectivity index (χ3v) is 4.09. The van der Waals surface area contributed by atoms with E-state index in [4.69, 9.17) is 0 Å². The second-order valence-electron chi connectivity index (χ2n) is 5.80. The van der Waals surface area contributed by atoms with E-state index in [1.54, 1.807) is 0 Å². The molecule has 0 aromatic heterocycles. The van der Waals surface area contributed by atoms with Crippen LogP contribution in [0, 0.1) is 0 Å². The number of alkyl halides is 4. The Morgan fingerprint density at radius 3 is 2.30 bits per heavy atom. The van der Waals surface area contributed by atoms with Crippen LogP contribution < -0.4 is 9.47 Å². The SMILES string of the molecule is O[C@@H](CCN1CCCC1)c1ccc2c(c1)OC(F)(F)C(F)(F)O2. The number of benzene rings is 1. The van der Waals surface area contributed by atoms with Gasteiger partial charge in [-0.2, -0.15) is 17.6 Å². The maximum Gasteiger partial charge on any atom is 0.507 e. The fourth-order valence-electron chi connectivity index (χ4n) is 2.77. The minimum Gasteiger partial charge on any atom is -0.421 e. The molecule has 0 saturated carbocycles. The first-order valence-electron chi connectivity index (χ1n) is 7.46. The highest BCUT2D eigenvalue weighted by molar-refractivity contribution is 5.45. The van der Waals surface area contributed by atoms with E-state index in [-0.39, 0.29) is 0 Å². The summed E-state index contributed by atoms with van der Waals surface area (Å²) in [6, 6.07) is 3.59. The maximum absolute atomic E-state index is 13.2. The normalized spacial score (nSPS) is 23.7. The average molecular weight is 335 g/mol. The quantitative estimate of drug-likeness (QED) is 0.859. The number of aliphatic hydroxyl groups is 1. The lowest BCUT2D eigenvalue weighted by Gasteiger charge is -2.32. The van der Waals surface area contributed by atoms with Gasteiger partial charge >= 0.3 is 12.2 Å². The molecule has 4 nitrogen and oxygen atoms in total. The first kappa shape index (κ1) is 16.3. The number of rotatable bonds is 4. The third-order valence-electron chi connectivity index (χ3n) is 4.09. The van der Waals surface area contributed by atoms with Crippen LogP contribution in [0.1, 0.15) is 30.9 Å². The molecule has 1 saturated heterocycles. The Morgan fingerprint density at radius 1 is 1.04 bits per heavy atom. The van der Waals surface area contributed by atoms with E-state index in [0.29, 0.717) is 18.5 Å². The summed E-state index contributed by atoms with van der Waals surface area (Å²) in [6.07, 6.45) is -7.69. The number of halogens is 4. The maximum atomic E-state index is 13.2. The second-order valence-corrected chi connectivity index (χ2v) is 5.80. The van der Waals surface area contributed by atoms with Gasteiger partial charge in [0.15, 0.2) is 11.5 Å². The zero-order valence-corrected chi connectivity index (χ0v) is 12.3. The fraction of sp³-hybridized carbons (Fsp3) is 0.600. The largest absolute Gasteiger partial charge is 0.507 e. The van der Waals surface area contributed by atoms with E-state index in [9.17, 15) is 22.7 Å². The molecule has 0 unspecified atom stereocenters. The van der Waals surface area contributed by atoms with Crippen LogP contribution >= 0.6 is 0 Å². The molecule has 1 aromatic rings. The van der Waals surface area contributed by atoms with Crippen molar-refractivity contribution in [1.82, 2.24) is 4.90 Å². The first-order chi connectivity index (χ1) is 10.8. The van der Waals surface area contributed by atoms with Gasteiger partial charge in [0.25, 0.3) is 0 Å². The predicted molar refractivity (Wildman–Crippen MR) is 72.8 cm³/mol. The number of fused-ring (bicyclic) bond motifs is 1. The molecule has 1 atom stereocenters. The van der Waals surface area contributed by atoms with Gasteiger partial charge in [0.1, 0.15) is 0 Å². The highest BCUT2D eigenvalue weighted by atomic mass is 19.3. The molecule has 1 aromatic carbocycles. The summed E-state index contributed by atoms with van der Waals surface area (Å²) >= 11 is 0. The Balaban J connectivity index is 1.70. The number of hydrogen-bond acceptors (Lipinski definition) is 4. The number of likely N-dealkylation sites (tertiary alicyclic amines) is 1. The molecule has 0 amide bonds. The average Bonchev–Trinajstić information content (AvgIpc) is 2.98. The molecule has 2 aliphatic heterocycles. The molecule has 1 N–H and O–H groups in total.